The summed E-state index contributed by atoms with van der Waals surface area (Å²) in [5, 5.41) is 4.02. The van der Waals surface area contributed by atoms with Crippen molar-refractivity contribution in [3.63, 3.8) is 0 Å². The molecular formula is C12H10FN3O. The summed E-state index contributed by atoms with van der Waals surface area (Å²) in [5.41, 5.74) is 2.21. The van der Waals surface area contributed by atoms with E-state index in [1.165, 1.54) is 24.4 Å². The molecule has 0 unspecified atom stereocenters. The van der Waals surface area contributed by atoms with E-state index in [0.29, 0.717) is 12.1 Å². The molecule has 1 heterocycles. The fourth-order valence-corrected chi connectivity index (χ4v) is 1.59. The lowest BCUT2D eigenvalue weighted by Gasteiger charge is -2.03. The van der Waals surface area contributed by atoms with Gasteiger partial charge in [0.05, 0.1) is 11.9 Å². The molecule has 0 fully saturated rings. The molecule has 4 nitrogen and oxygen atoms in total. The van der Waals surface area contributed by atoms with Crippen molar-refractivity contribution in [2.24, 2.45) is 12.0 Å². The molecule has 0 radical (unpaired) electrons. The van der Waals surface area contributed by atoms with E-state index in [-0.39, 0.29) is 5.82 Å². The Labute approximate surface area is 97.4 Å². The first-order valence-corrected chi connectivity index (χ1v) is 5.04. The monoisotopic (exact) mass is 231 g/mol. The number of carbonyl (C=O) groups excluding carboxylic acids is 1. The normalized spacial score (nSPS) is 10.0. The van der Waals surface area contributed by atoms with Crippen molar-refractivity contribution in [3.05, 3.63) is 47.5 Å². The number of halogens is 1. The van der Waals surface area contributed by atoms with Gasteiger partial charge in [-0.15, -0.1) is 0 Å². The van der Waals surface area contributed by atoms with Crippen LogP contribution < -0.4 is 0 Å². The van der Waals surface area contributed by atoms with Crippen LogP contribution in [-0.4, -0.2) is 15.9 Å². The Hall–Kier alpha value is -2.26. The van der Waals surface area contributed by atoms with Crippen LogP contribution in [-0.2, 0) is 18.3 Å². The molecule has 1 aromatic heterocycles. The van der Waals surface area contributed by atoms with Gasteiger partial charge in [-0.3, -0.25) is 4.68 Å². The zero-order valence-electron chi connectivity index (χ0n) is 9.22. The molecule has 0 saturated carbocycles. The minimum absolute atomic E-state index is 0.273. The molecule has 0 aliphatic carbocycles. The maximum absolute atomic E-state index is 12.8. The van der Waals surface area contributed by atoms with Crippen molar-refractivity contribution < 1.29 is 9.18 Å². The van der Waals surface area contributed by atoms with Crippen molar-refractivity contribution in [3.8, 4) is 0 Å². The minimum atomic E-state index is -0.273. The van der Waals surface area contributed by atoms with Crippen LogP contribution in [0, 0.1) is 5.82 Å². The van der Waals surface area contributed by atoms with E-state index in [4.69, 9.17) is 0 Å². The quantitative estimate of drug-likeness (QED) is 0.600. The summed E-state index contributed by atoms with van der Waals surface area (Å²) in [7, 11) is 1.77. The fraction of sp³-hybridized carbons (Fsp3) is 0.167. The van der Waals surface area contributed by atoms with E-state index in [9.17, 15) is 9.18 Å². The van der Waals surface area contributed by atoms with Gasteiger partial charge in [-0.25, -0.2) is 9.18 Å². The third kappa shape index (κ3) is 2.46. The van der Waals surface area contributed by atoms with Gasteiger partial charge in [-0.05, 0) is 17.7 Å². The van der Waals surface area contributed by atoms with Gasteiger partial charge in [0.2, 0.25) is 6.08 Å². The number of isocyanates is 1. The topological polar surface area (TPSA) is 47.2 Å². The van der Waals surface area contributed by atoms with E-state index >= 15 is 0 Å². The van der Waals surface area contributed by atoms with Crippen molar-refractivity contribution in [2.45, 2.75) is 6.42 Å². The Morgan fingerprint density at radius 2 is 2.12 bits per heavy atom. The first-order chi connectivity index (χ1) is 8.20. The summed E-state index contributed by atoms with van der Waals surface area (Å²) in [6.07, 6.45) is 3.54. The van der Waals surface area contributed by atoms with Crippen LogP contribution in [0.25, 0.3) is 0 Å². The number of nitrogens with zero attached hydrogens (tertiary/aromatic N) is 3. The van der Waals surface area contributed by atoms with E-state index in [0.717, 1.165) is 11.3 Å². The summed E-state index contributed by atoms with van der Waals surface area (Å²) < 4.78 is 14.4. The van der Waals surface area contributed by atoms with Crippen molar-refractivity contribution in [2.75, 3.05) is 0 Å². The number of benzene rings is 1. The number of hydrogen-bond donors (Lipinski definition) is 0. The Morgan fingerprint density at radius 1 is 1.41 bits per heavy atom. The lowest BCUT2D eigenvalue weighted by Crippen LogP contribution is -1.99. The van der Waals surface area contributed by atoms with Crippen LogP contribution in [0.5, 0.6) is 0 Å². The molecule has 0 N–H and O–H groups in total. The SMILES string of the molecule is Cn1ncc(N=C=O)c1Cc1ccc(F)cc1. The highest BCUT2D eigenvalue weighted by Crippen LogP contribution is 2.20. The second-order valence-corrected chi connectivity index (χ2v) is 3.61. The molecule has 86 valence electrons. The molecule has 17 heavy (non-hydrogen) atoms. The van der Waals surface area contributed by atoms with Gasteiger partial charge < -0.3 is 0 Å². The second-order valence-electron chi connectivity index (χ2n) is 3.61. The number of hydrogen-bond acceptors (Lipinski definition) is 3. The van der Waals surface area contributed by atoms with Crippen molar-refractivity contribution in [1.82, 2.24) is 9.78 Å². The minimum Gasteiger partial charge on any atom is -0.270 e. The molecule has 1 aromatic carbocycles. The molecule has 2 aromatic rings. The largest absolute Gasteiger partial charge is 0.270 e. The smallest absolute Gasteiger partial charge is 0.240 e. The number of aryl methyl sites for hydroxylation is 1. The van der Waals surface area contributed by atoms with E-state index in [1.807, 2.05) is 0 Å². The van der Waals surface area contributed by atoms with Crippen molar-refractivity contribution in [1.29, 1.82) is 0 Å². The second kappa shape index (κ2) is 4.72. The molecule has 2 rings (SSSR count). The van der Waals surface area contributed by atoms with Gasteiger partial charge in [0, 0.05) is 13.5 Å². The lowest BCUT2D eigenvalue weighted by molar-refractivity contribution is 0.565. The van der Waals surface area contributed by atoms with Crippen LogP contribution in [0.4, 0.5) is 10.1 Å². The zero-order valence-corrected chi connectivity index (χ0v) is 9.22. The highest BCUT2D eigenvalue weighted by atomic mass is 19.1. The first kappa shape index (κ1) is 11.2. The maximum Gasteiger partial charge on any atom is 0.240 e. The average Bonchev–Trinajstić information content (AvgIpc) is 2.65. The molecule has 0 amide bonds. The van der Waals surface area contributed by atoms with Crippen molar-refractivity contribution >= 4 is 11.8 Å². The molecule has 0 spiro atoms. The third-order valence-corrected chi connectivity index (χ3v) is 2.49. The van der Waals surface area contributed by atoms with Crippen LogP contribution in [0.15, 0.2) is 35.5 Å². The van der Waals surface area contributed by atoms with Crippen LogP contribution in [0.1, 0.15) is 11.3 Å². The number of aromatic nitrogens is 2. The molecule has 0 aliphatic heterocycles. The predicted molar refractivity (Wildman–Crippen MR) is 60.2 cm³/mol. The highest BCUT2D eigenvalue weighted by molar-refractivity contribution is 5.51. The van der Waals surface area contributed by atoms with Gasteiger partial charge >= 0.3 is 0 Å². The van der Waals surface area contributed by atoms with Gasteiger partial charge in [0.15, 0.2) is 0 Å². The van der Waals surface area contributed by atoms with Gasteiger partial charge in [0.25, 0.3) is 0 Å². The Balaban J connectivity index is 2.32. The van der Waals surface area contributed by atoms with Gasteiger partial charge in [-0.1, -0.05) is 12.1 Å². The Morgan fingerprint density at radius 3 is 2.76 bits per heavy atom. The fourth-order valence-electron chi connectivity index (χ4n) is 1.59. The summed E-state index contributed by atoms with van der Waals surface area (Å²) >= 11 is 0. The van der Waals surface area contributed by atoms with Gasteiger partial charge in [0.1, 0.15) is 11.5 Å². The standard InChI is InChI=1S/C12H10FN3O/c1-16-12(11(7-15-16)14-8-17)6-9-2-4-10(13)5-3-9/h2-5,7H,6H2,1H3. The van der Waals surface area contributed by atoms with E-state index < -0.39 is 0 Å². The molecule has 0 bridgehead atoms. The molecule has 0 saturated heterocycles. The number of aliphatic imine (C=N–C) groups is 1. The highest BCUT2D eigenvalue weighted by Gasteiger charge is 2.08. The summed E-state index contributed by atoms with van der Waals surface area (Å²) in [6.45, 7) is 0. The lowest BCUT2D eigenvalue weighted by atomic mass is 10.1. The molecule has 0 atom stereocenters. The first-order valence-electron chi connectivity index (χ1n) is 5.04. The zero-order chi connectivity index (χ0) is 12.3. The summed E-state index contributed by atoms with van der Waals surface area (Å²) in [4.78, 5) is 13.8. The van der Waals surface area contributed by atoms with Crippen LogP contribution >= 0.6 is 0 Å². The Kier molecular flexibility index (Phi) is 3.12. The molecule has 0 aliphatic rings. The number of rotatable bonds is 3. The van der Waals surface area contributed by atoms with Crippen LogP contribution in [0.2, 0.25) is 0 Å². The average molecular weight is 231 g/mol. The summed E-state index contributed by atoms with van der Waals surface area (Å²) in [6, 6.07) is 6.18. The molecule has 5 heteroatoms. The summed E-state index contributed by atoms with van der Waals surface area (Å²) in [5.74, 6) is -0.273. The predicted octanol–water partition coefficient (Wildman–Crippen LogP) is 2.12. The van der Waals surface area contributed by atoms with Gasteiger partial charge in [-0.2, -0.15) is 10.1 Å². The molecular weight excluding hydrogens is 221 g/mol. The maximum atomic E-state index is 12.8. The van der Waals surface area contributed by atoms with E-state index in [2.05, 4.69) is 10.1 Å². The Bertz CT molecular complexity index is 568. The van der Waals surface area contributed by atoms with Crippen LogP contribution in [0.3, 0.4) is 0 Å². The third-order valence-electron chi connectivity index (χ3n) is 2.49. The van der Waals surface area contributed by atoms with E-state index in [1.54, 1.807) is 23.9 Å².